The van der Waals surface area contributed by atoms with Crippen molar-refractivity contribution >= 4 is 39.5 Å². The van der Waals surface area contributed by atoms with Crippen molar-refractivity contribution in [1.82, 2.24) is 15.0 Å². The first-order chi connectivity index (χ1) is 17.3. The molecule has 1 aliphatic rings. The molecule has 0 radical (unpaired) electrons. The van der Waals surface area contributed by atoms with Crippen molar-refractivity contribution in [2.45, 2.75) is 6.85 Å². The maximum absolute atomic E-state index is 10.5. The summed E-state index contributed by atoms with van der Waals surface area (Å²) in [6.45, 7) is -2.31. The number of phenolic OH excluding ortho intramolecular Hbond substituents is 1. The average Bonchev–Trinajstić information content (AvgIpc) is 2.88. The summed E-state index contributed by atoms with van der Waals surface area (Å²) in [7, 11) is 2.01. The van der Waals surface area contributed by atoms with Gasteiger partial charge in [0.05, 0.1) is 34.6 Å². The van der Waals surface area contributed by atoms with Gasteiger partial charge in [-0.15, -0.1) is 0 Å². The lowest BCUT2D eigenvalue weighted by molar-refractivity contribution is 0.480. The van der Waals surface area contributed by atoms with E-state index in [2.05, 4.69) is 24.8 Å². The SMILES string of the molecule is [2H]C([2H])([2H])c1ccc(O)c2nc(-c3ccc4c(c3)N(c3ccccn3)c3cnccc3N4C)ccc12. The fourth-order valence-corrected chi connectivity index (χ4v) is 4.34. The van der Waals surface area contributed by atoms with E-state index in [1.807, 2.05) is 55.7 Å². The average molecular weight is 435 g/mol. The van der Waals surface area contributed by atoms with E-state index in [0.29, 0.717) is 11.1 Å². The van der Waals surface area contributed by atoms with Crippen LogP contribution in [0, 0.1) is 6.85 Å². The summed E-state index contributed by atoms with van der Waals surface area (Å²) in [5.41, 5.74) is 5.63. The Labute approximate surface area is 195 Å². The number of rotatable bonds is 2. The lowest BCUT2D eigenvalue weighted by Gasteiger charge is -2.37. The number of pyridine rings is 3. The molecule has 0 unspecified atom stereocenters. The van der Waals surface area contributed by atoms with Crippen molar-refractivity contribution in [2.24, 2.45) is 0 Å². The molecule has 3 aromatic heterocycles. The number of aryl methyl sites for hydroxylation is 1. The molecular weight excluding hydrogens is 410 g/mol. The van der Waals surface area contributed by atoms with Gasteiger partial charge in [0, 0.05) is 34.5 Å². The van der Waals surface area contributed by atoms with Gasteiger partial charge in [-0.25, -0.2) is 9.97 Å². The molecule has 1 aliphatic heterocycles. The van der Waals surface area contributed by atoms with Crippen molar-refractivity contribution < 1.29 is 9.22 Å². The van der Waals surface area contributed by atoms with Crippen LogP contribution in [0.5, 0.6) is 5.75 Å². The molecule has 6 rings (SSSR count). The third-order valence-corrected chi connectivity index (χ3v) is 5.97. The van der Waals surface area contributed by atoms with Crippen molar-refractivity contribution in [3.05, 3.63) is 90.9 Å². The molecule has 6 nitrogen and oxygen atoms in total. The van der Waals surface area contributed by atoms with Crippen LogP contribution in [0.2, 0.25) is 0 Å². The summed E-state index contributed by atoms with van der Waals surface area (Å²) in [6.07, 6.45) is 5.34. The van der Waals surface area contributed by atoms with Gasteiger partial charge in [-0.3, -0.25) is 9.88 Å². The first-order valence-electron chi connectivity index (χ1n) is 12.0. The van der Waals surface area contributed by atoms with Crippen molar-refractivity contribution in [2.75, 3.05) is 16.8 Å². The fourth-order valence-electron chi connectivity index (χ4n) is 4.34. The van der Waals surface area contributed by atoms with Gasteiger partial charge >= 0.3 is 0 Å². The molecule has 0 bridgehead atoms. The lowest BCUT2D eigenvalue weighted by Crippen LogP contribution is -2.24. The van der Waals surface area contributed by atoms with E-state index in [1.54, 1.807) is 24.5 Å². The van der Waals surface area contributed by atoms with Crippen LogP contribution < -0.4 is 9.80 Å². The molecule has 2 aromatic carbocycles. The first kappa shape index (κ1) is 16.2. The zero-order valence-corrected chi connectivity index (χ0v) is 17.8. The number of benzene rings is 2. The van der Waals surface area contributed by atoms with Crippen LogP contribution in [-0.2, 0) is 0 Å². The molecule has 0 amide bonds. The summed E-state index contributed by atoms with van der Waals surface area (Å²) < 4.78 is 23.5. The van der Waals surface area contributed by atoms with Crippen LogP contribution in [0.1, 0.15) is 9.68 Å². The Morgan fingerprint density at radius 1 is 0.879 bits per heavy atom. The molecule has 4 heterocycles. The highest BCUT2D eigenvalue weighted by atomic mass is 16.3. The quantitative estimate of drug-likeness (QED) is 0.354. The molecule has 6 heteroatoms. The number of hydrogen-bond acceptors (Lipinski definition) is 6. The molecule has 0 aliphatic carbocycles. The van der Waals surface area contributed by atoms with Gasteiger partial charge in [0.15, 0.2) is 0 Å². The monoisotopic (exact) mass is 434 g/mol. The molecule has 0 spiro atoms. The standard InChI is InChI=1S/C27H21N5O/c1-17-6-11-25(33)27-19(17)8-9-20(30-27)18-7-10-21-23(15-18)32(26-5-3-4-13-29-26)24-16-28-14-12-22(24)31(21)2/h3-16,33H,1-2H3/i1D3. The topological polar surface area (TPSA) is 65.4 Å². The summed E-state index contributed by atoms with van der Waals surface area (Å²) in [5.74, 6) is 0.692. The second-order valence-electron chi connectivity index (χ2n) is 7.88. The van der Waals surface area contributed by atoms with Crippen LogP contribution in [-0.4, -0.2) is 27.1 Å². The molecule has 160 valence electrons. The van der Waals surface area contributed by atoms with E-state index in [-0.39, 0.29) is 16.8 Å². The van der Waals surface area contributed by atoms with Gasteiger partial charge in [0.2, 0.25) is 0 Å². The third-order valence-electron chi connectivity index (χ3n) is 5.97. The molecule has 0 atom stereocenters. The Kier molecular flexibility index (Phi) is 3.59. The largest absolute Gasteiger partial charge is 0.506 e. The lowest BCUT2D eigenvalue weighted by atomic mass is 10.0. The number of nitrogens with zero attached hydrogens (tertiary/aromatic N) is 5. The summed E-state index contributed by atoms with van der Waals surface area (Å²) >= 11 is 0. The Bertz CT molecular complexity index is 1620. The van der Waals surface area contributed by atoms with Crippen molar-refractivity contribution in [3.63, 3.8) is 0 Å². The minimum atomic E-state index is -2.31. The highest BCUT2D eigenvalue weighted by Gasteiger charge is 2.28. The number of phenols is 1. The maximum atomic E-state index is 10.5. The van der Waals surface area contributed by atoms with E-state index in [0.717, 1.165) is 34.1 Å². The zero-order chi connectivity index (χ0) is 25.0. The van der Waals surface area contributed by atoms with Gasteiger partial charge in [0.25, 0.3) is 0 Å². The van der Waals surface area contributed by atoms with E-state index in [4.69, 9.17) is 4.11 Å². The van der Waals surface area contributed by atoms with Crippen LogP contribution in [0.15, 0.2) is 85.3 Å². The van der Waals surface area contributed by atoms with Gasteiger partial charge in [-0.1, -0.05) is 24.3 Å². The number of hydrogen-bond donors (Lipinski definition) is 1. The summed E-state index contributed by atoms with van der Waals surface area (Å²) in [5, 5.41) is 10.9. The molecule has 33 heavy (non-hydrogen) atoms. The van der Waals surface area contributed by atoms with E-state index >= 15 is 0 Å². The molecule has 0 fully saturated rings. The highest BCUT2D eigenvalue weighted by Crippen LogP contribution is 2.50. The Hall–Kier alpha value is -4.45. The maximum Gasteiger partial charge on any atom is 0.141 e. The second kappa shape index (κ2) is 7.31. The normalized spacial score (nSPS) is 14.3. The Morgan fingerprint density at radius 2 is 1.79 bits per heavy atom. The molecule has 0 saturated heterocycles. The van der Waals surface area contributed by atoms with Crippen LogP contribution in [0.3, 0.4) is 0 Å². The smallest absolute Gasteiger partial charge is 0.141 e. The number of fused-ring (bicyclic) bond motifs is 3. The number of aromatic hydroxyl groups is 1. The van der Waals surface area contributed by atoms with Gasteiger partial charge in [0.1, 0.15) is 17.1 Å². The number of anilines is 5. The molecular formula is C27H21N5O. The summed E-state index contributed by atoms with van der Waals surface area (Å²) in [6, 6.07) is 20.1. The zero-order valence-electron chi connectivity index (χ0n) is 20.8. The van der Waals surface area contributed by atoms with Crippen molar-refractivity contribution in [3.8, 4) is 17.0 Å². The van der Waals surface area contributed by atoms with Crippen LogP contribution >= 0.6 is 0 Å². The summed E-state index contributed by atoms with van der Waals surface area (Å²) in [4.78, 5) is 17.8. The Morgan fingerprint density at radius 3 is 2.64 bits per heavy atom. The predicted molar refractivity (Wildman–Crippen MR) is 132 cm³/mol. The minimum absolute atomic E-state index is 0.0624. The van der Waals surface area contributed by atoms with E-state index < -0.39 is 6.85 Å². The minimum Gasteiger partial charge on any atom is -0.506 e. The van der Waals surface area contributed by atoms with E-state index in [1.165, 1.54) is 12.1 Å². The highest BCUT2D eigenvalue weighted by molar-refractivity contribution is 5.98. The fraction of sp³-hybridized carbons (Fsp3) is 0.0741. The first-order valence-corrected chi connectivity index (χ1v) is 10.5. The number of aromatic nitrogens is 3. The molecule has 0 saturated carbocycles. The molecule has 5 aromatic rings. The third kappa shape index (κ3) is 2.99. The van der Waals surface area contributed by atoms with Gasteiger partial charge in [-0.2, -0.15) is 0 Å². The van der Waals surface area contributed by atoms with Gasteiger partial charge in [-0.05, 0) is 54.9 Å². The van der Waals surface area contributed by atoms with Crippen molar-refractivity contribution in [1.29, 1.82) is 0 Å². The van der Waals surface area contributed by atoms with Gasteiger partial charge < -0.3 is 10.0 Å². The van der Waals surface area contributed by atoms with Crippen LogP contribution in [0.4, 0.5) is 28.6 Å². The predicted octanol–water partition coefficient (Wildman–Crippen LogP) is 6.26. The molecule has 1 N–H and O–H groups in total. The van der Waals surface area contributed by atoms with E-state index in [9.17, 15) is 5.11 Å². The second-order valence-corrected chi connectivity index (χ2v) is 7.88. The van der Waals surface area contributed by atoms with Crippen LogP contribution in [0.25, 0.3) is 22.2 Å². The Balaban J connectivity index is 1.54.